The lowest BCUT2D eigenvalue weighted by Gasteiger charge is -2.25. The lowest BCUT2D eigenvalue weighted by Crippen LogP contribution is -2.38. The van der Waals surface area contributed by atoms with Gasteiger partial charge >= 0.3 is 6.09 Å². The Morgan fingerprint density at radius 2 is 1.95 bits per heavy atom. The molecule has 1 unspecified atom stereocenters. The summed E-state index contributed by atoms with van der Waals surface area (Å²) in [6.45, 7) is 5.78. The van der Waals surface area contributed by atoms with Crippen LogP contribution >= 0.6 is 0 Å². The number of likely N-dealkylation sites (N-methyl/N-ethyl adjacent to an activating group) is 1. The quantitative estimate of drug-likeness (QED) is 0.856. The monoisotopic (exact) mass is 276 g/mol. The maximum Gasteiger partial charge on any atom is 0.414 e. The van der Waals surface area contributed by atoms with Crippen molar-refractivity contribution < 1.29 is 14.3 Å². The lowest BCUT2D eigenvalue weighted by molar-refractivity contribution is -0.121. The van der Waals surface area contributed by atoms with Crippen molar-refractivity contribution in [3.8, 4) is 0 Å². The minimum atomic E-state index is -0.558. The van der Waals surface area contributed by atoms with Gasteiger partial charge < -0.3 is 10.1 Å². The maximum absolute atomic E-state index is 12.3. The first-order chi connectivity index (χ1) is 9.33. The lowest BCUT2D eigenvalue weighted by atomic mass is 10.0. The highest BCUT2D eigenvalue weighted by Gasteiger charge is 2.37. The standard InChI is InChI=1S/C15H20N2O3/c1-15(2,3)20-14(19)17-9-11(13(18)16-4)10-7-5-6-8-12(10)17/h5-8,11H,9H2,1-4H3,(H,16,18). The Bertz CT molecular complexity index is 534. The Kier molecular flexibility index (Phi) is 3.70. The summed E-state index contributed by atoms with van der Waals surface area (Å²) in [6.07, 6.45) is -0.420. The van der Waals surface area contributed by atoms with Gasteiger partial charge in [-0.2, -0.15) is 0 Å². The molecule has 5 nitrogen and oxygen atoms in total. The third kappa shape index (κ3) is 2.76. The number of nitrogens with zero attached hydrogens (tertiary/aromatic N) is 1. The Morgan fingerprint density at radius 1 is 1.30 bits per heavy atom. The van der Waals surface area contributed by atoms with E-state index in [0.717, 1.165) is 11.3 Å². The summed E-state index contributed by atoms with van der Waals surface area (Å²) in [5.41, 5.74) is 1.05. The molecule has 2 rings (SSSR count). The fourth-order valence-corrected chi connectivity index (χ4v) is 2.30. The van der Waals surface area contributed by atoms with Crippen LogP contribution < -0.4 is 10.2 Å². The number of rotatable bonds is 1. The molecule has 0 radical (unpaired) electrons. The van der Waals surface area contributed by atoms with Gasteiger partial charge in [0.15, 0.2) is 0 Å². The maximum atomic E-state index is 12.3. The molecule has 0 fully saturated rings. The molecule has 5 heteroatoms. The molecule has 1 N–H and O–H groups in total. The molecule has 20 heavy (non-hydrogen) atoms. The van der Waals surface area contributed by atoms with Crippen molar-refractivity contribution in [3.05, 3.63) is 29.8 Å². The molecule has 1 aliphatic heterocycles. The average Bonchev–Trinajstić information content (AvgIpc) is 2.75. The van der Waals surface area contributed by atoms with Gasteiger partial charge in [-0.15, -0.1) is 0 Å². The van der Waals surface area contributed by atoms with Crippen LogP contribution in [-0.4, -0.2) is 31.2 Å². The Morgan fingerprint density at radius 3 is 2.55 bits per heavy atom. The van der Waals surface area contributed by atoms with Crippen LogP contribution in [0.15, 0.2) is 24.3 Å². The Labute approximate surface area is 118 Å². The van der Waals surface area contributed by atoms with Gasteiger partial charge in [-0.05, 0) is 32.4 Å². The summed E-state index contributed by atoms with van der Waals surface area (Å²) < 4.78 is 5.40. The third-order valence-electron chi connectivity index (χ3n) is 3.14. The average molecular weight is 276 g/mol. The number of para-hydroxylation sites is 1. The molecule has 0 aliphatic carbocycles. The molecule has 2 amide bonds. The highest BCUT2D eigenvalue weighted by Crippen LogP contribution is 2.36. The first-order valence-corrected chi connectivity index (χ1v) is 6.64. The molecular weight excluding hydrogens is 256 g/mol. The molecular formula is C15H20N2O3. The fraction of sp³-hybridized carbons (Fsp3) is 0.467. The number of anilines is 1. The summed E-state index contributed by atoms with van der Waals surface area (Å²) in [5.74, 6) is -0.438. The zero-order valence-corrected chi connectivity index (χ0v) is 12.3. The van der Waals surface area contributed by atoms with Gasteiger partial charge in [0.25, 0.3) is 0 Å². The third-order valence-corrected chi connectivity index (χ3v) is 3.14. The molecule has 1 heterocycles. The van der Waals surface area contributed by atoms with Crippen LogP contribution in [0.5, 0.6) is 0 Å². The van der Waals surface area contributed by atoms with Crippen molar-refractivity contribution in [2.24, 2.45) is 0 Å². The summed E-state index contributed by atoms with van der Waals surface area (Å²) in [6, 6.07) is 7.43. The Balaban J connectivity index is 2.30. The smallest absolute Gasteiger partial charge is 0.414 e. The van der Waals surface area contributed by atoms with E-state index in [9.17, 15) is 9.59 Å². The molecule has 108 valence electrons. The van der Waals surface area contributed by atoms with E-state index < -0.39 is 11.7 Å². The van der Waals surface area contributed by atoms with E-state index in [1.807, 2.05) is 45.0 Å². The fourth-order valence-electron chi connectivity index (χ4n) is 2.30. The van der Waals surface area contributed by atoms with Crippen LogP contribution in [0.3, 0.4) is 0 Å². The molecule has 1 aromatic rings. The van der Waals surface area contributed by atoms with Gasteiger partial charge in [-0.25, -0.2) is 4.79 Å². The van der Waals surface area contributed by atoms with E-state index in [0.29, 0.717) is 6.54 Å². The van der Waals surface area contributed by atoms with Gasteiger partial charge in [-0.3, -0.25) is 9.69 Å². The van der Waals surface area contributed by atoms with Gasteiger partial charge in [-0.1, -0.05) is 18.2 Å². The number of benzene rings is 1. The second kappa shape index (κ2) is 5.15. The van der Waals surface area contributed by atoms with E-state index >= 15 is 0 Å². The molecule has 0 spiro atoms. The predicted octanol–water partition coefficient (Wildman–Crippen LogP) is 2.27. The van der Waals surface area contributed by atoms with Crippen molar-refractivity contribution in [1.82, 2.24) is 5.32 Å². The second-order valence-electron chi connectivity index (χ2n) is 5.82. The normalized spacial score (nSPS) is 17.6. The number of carbonyl (C=O) groups is 2. The molecule has 0 aromatic heterocycles. The van der Waals surface area contributed by atoms with Crippen molar-refractivity contribution in [2.75, 3.05) is 18.5 Å². The first kappa shape index (κ1) is 14.4. The number of carbonyl (C=O) groups excluding carboxylic acids is 2. The number of nitrogens with one attached hydrogen (secondary N) is 1. The van der Waals surface area contributed by atoms with Crippen LogP contribution in [-0.2, 0) is 9.53 Å². The number of hydrogen-bond acceptors (Lipinski definition) is 3. The minimum absolute atomic E-state index is 0.0940. The van der Waals surface area contributed by atoms with E-state index in [1.165, 1.54) is 4.90 Å². The van der Waals surface area contributed by atoms with Crippen LogP contribution in [0.1, 0.15) is 32.3 Å². The largest absolute Gasteiger partial charge is 0.443 e. The van der Waals surface area contributed by atoms with Gasteiger partial charge in [0.05, 0.1) is 11.6 Å². The van der Waals surface area contributed by atoms with Crippen LogP contribution in [0.25, 0.3) is 0 Å². The van der Waals surface area contributed by atoms with Crippen molar-refractivity contribution >= 4 is 17.7 Å². The zero-order valence-electron chi connectivity index (χ0n) is 12.3. The summed E-state index contributed by atoms with van der Waals surface area (Å²) in [7, 11) is 1.60. The van der Waals surface area contributed by atoms with Crippen LogP contribution in [0.4, 0.5) is 10.5 Å². The van der Waals surface area contributed by atoms with Crippen LogP contribution in [0, 0.1) is 0 Å². The van der Waals surface area contributed by atoms with Gasteiger partial charge in [0.1, 0.15) is 5.60 Å². The van der Waals surface area contributed by atoms with Crippen molar-refractivity contribution in [2.45, 2.75) is 32.3 Å². The van der Waals surface area contributed by atoms with Gasteiger partial charge in [0.2, 0.25) is 5.91 Å². The molecule has 0 saturated carbocycles. The Hall–Kier alpha value is -2.04. The molecule has 1 atom stereocenters. The van der Waals surface area contributed by atoms with E-state index in [1.54, 1.807) is 7.05 Å². The minimum Gasteiger partial charge on any atom is -0.443 e. The highest BCUT2D eigenvalue weighted by molar-refractivity contribution is 5.97. The number of ether oxygens (including phenoxy) is 1. The topological polar surface area (TPSA) is 58.6 Å². The van der Waals surface area contributed by atoms with Crippen molar-refractivity contribution in [3.63, 3.8) is 0 Å². The summed E-state index contributed by atoms with van der Waals surface area (Å²) in [4.78, 5) is 25.7. The molecule has 0 saturated heterocycles. The molecule has 1 aromatic carbocycles. The SMILES string of the molecule is CNC(=O)C1CN(C(=O)OC(C)(C)C)c2ccccc21. The van der Waals surface area contributed by atoms with E-state index in [-0.39, 0.29) is 11.8 Å². The number of amides is 2. The zero-order chi connectivity index (χ0) is 14.9. The molecule has 1 aliphatic rings. The molecule has 0 bridgehead atoms. The van der Waals surface area contributed by atoms with Crippen LogP contribution in [0.2, 0.25) is 0 Å². The highest BCUT2D eigenvalue weighted by atomic mass is 16.6. The first-order valence-electron chi connectivity index (χ1n) is 6.64. The van der Waals surface area contributed by atoms with Crippen molar-refractivity contribution in [1.29, 1.82) is 0 Å². The number of hydrogen-bond donors (Lipinski definition) is 1. The number of fused-ring (bicyclic) bond motifs is 1. The van der Waals surface area contributed by atoms with Gasteiger partial charge in [0, 0.05) is 13.6 Å². The van der Waals surface area contributed by atoms with E-state index in [2.05, 4.69) is 5.32 Å². The summed E-state index contributed by atoms with van der Waals surface area (Å²) >= 11 is 0. The predicted molar refractivity (Wildman–Crippen MR) is 76.8 cm³/mol. The summed E-state index contributed by atoms with van der Waals surface area (Å²) in [5, 5.41) is 2.64. The van der Waals surface area contributed by atoms with E-state index in [4.69, 9.17) is 4.74 Å². The second-order valence-corrected chi connectivity index (χ2v) is 5.82.